The first-order valence-electron chi connectivity index (χ1n) is 5.81. The normalized spacial score (nSPS) is 12.3. The van der Waals surface area contributed by atoms with Crippen molar-refractivity contribution in [2.75, 3.05) is 47.4 Å². The molecule has 0 aromatic rings. The number of carbonyl (C=O) groups excluding carboxylic acids is 1. The van der Waals surface area contributed by atoms with Crippen molar-refractivity contribution >= 4 is 12.0 Å². The number of hydrogen-bond donors (Lipinski definition) is 2. The lowest BCUT2D eigenvalue weighted by atomic mass is 10.3. The molecule has 0 aromatic carbocycles. The molecule has 1 atom stereocenters. The monoisotopic (exact) mass is 261 g/mol. The molecule has 0 saturated heterocycles. The quantitative estimate of drug-likeness (QED) is 0.626. The van der Waals surface area contributed by atoms with E-state index in [2.05, 4.69) is 5.32 Å². The first-order chi connectivity index (χ1) is 8.40. The maximum absolute atomic E-state index is 11.6. The van der Waals surface area contributed by atoms with E-state index in [0.29, 0.717) is 19.7 Å². The Hall–Kier alpha value is -1.34. The highest BCUT2D eigenvalue weighted by molar-refractivity contribution is 5.82. The summed E-state index contributed by atoms with van der Waals surface area (Å²) in [5.74, 6) is -1.02. The molecule has 0 heterocycles. The maximum Gasteiger partial charge on any atom is 0.326 e. The van der Waals surface area contributed by atoms with Crippen molar-refractivity contribution in [1.29, 1.82) is 0 Å². The molecular formula is C11H23N3O4. The van der Waals surface area contributed by atoms with Crippen molar-refractivity contribution in [2.45, 2.75) is 13.0 Å². The summed E-state index contributed by atoms with van der Waals surface area (Å²) < 4.78 is 4.93. The molecule has 0 rings (SSSR count). The van der Waals surface area contributed by atoms with Gasteiger partial charge in [-0.3, -0.25) is 0 Å². The first-order valence-corrected chi connectivity index (χ1v) is 5.81. The fraction of sp³-hybridized carbons (Fsp3) is 0.818. The lowest BCUT2D eigenvalue weighted by Crippen LogP contribution is -2.47. The van der Waals surface area contributed by atoms with Gasteiger partial charge in [-0.25, -0.2) is 9.59 Å². The molecule has 0 aliphatic heterocycles. The van der Waals surface area contributed by atoms with Gasteiger partial charge in [-0.05, 0) is 14.0 Å². The van der Waals surface area contributed by atoms with Crippen molar-refractivity contribution in [2.24, 2.45) is 0 Å². The Morgan fingerprint density at radius 2 is 1.94 bits per heavy atom. The van der Waals surface area contributed by atoms with Crippen molar-refractivity contribution in [3.8, 4) is 0 Å². The minimum atomic E-state index is -1.02. The highest BCUT2D eigenvalue weighted by Crippen LogP contribution is 1.95. The van der Waals surface area contributed by atoms with E-state index >= 15 is 0 Å². The predicted molar refractivity (Wildman–Crippen MR) is 67.6 cm³/mol. The third-order valence-corrected chi connectivity index (χ3v) is 2.71. The van der Waals surface area contributed by atoms with Gasteiger partial charge in [0.1, 0.15) is 6.04 Å². The van der Waals surface area contributed by atoms with Crippen molar-refractivity contribution in [3.63, 3.8) is 0 Å². The van der Waals surface area contributed by atoms with Crippen LogP contribution in [-0.4, -0.2) is 80.4 Å². The van der Waals surface area contributed by atoms with Crippen LogP contribution in [0.25, 0.3) is 0 Å². The highest BCUT2D eigenvalue weighted by Gasteiger charge is 2.21. The van der Waals surface area contributed by atoms with Crippen LogP contribution in [0.1, 0.15) is 6.92 Å². The third-order valence-electron chi connectivity index (χ3n) is 2.71. The van der Waals surface area contributed by atoms with E-state index in [1.807, 2.05) is 11.9 Å². The summed E-state index contributed by atoms with van der Waals surface area (Å²) in [5.41, 5.74) is 0. The summed E-state index contributed by atoms with van der Waals surface area (Å²) in [4.78, 5) is 25.5. The number of likely N-dealkylation sites (N-methyl/N-ethyl adjacent to an activating group) is 2. The first kappa shape index (κ1) is 16.7. The smallest absolute Gasteiger partial charge is 0.326 e. The Balaban J connectivity index is 3.86. The SMILES string of the molecule is COCCN(C)CCNC(=O)N(C)C(C)C(=O)O. The average molecular weight is 261 g/mol. The van der Waals surface area contributed by atoms with Crippen LogP contribution in [-0.2, 0) is 9.53 Å². The summed E-state index contributed by atoms with van der Waals surface area (Å²) in [7, 11) is 5.02. The fourth-order valence-electron chi connectivity index (χ4n) is 1.18. The van der Waals surface area contributed by atoms with E-state index in [1.54, 1.807) is 7.11 Å². The van der Waals surface area contributed by atoms with Gasteiger partial charge in [0.2, 0.25) is 0 Å². The van der Waals surface area contributed by atoms with Gasteiger partial charge in [0.05, 0.1) is 6.61 Å². The van der Waals surface area contributed by atoms with Gasteiger partial charge in [-0.15, -0.1) is 0 Å². The molecule has 0 saturated carbocycles. The Kier molecular flexibility index (Phi) is 8.06. The molecular weight excluding hydrogens is 238 g/mol. The molecule has 2 N–H and O–H groups in total. The van der Waals surface area contributed by atoms with Gasteiger partial charge in [-0.1, -0.05) is 0 Å². The summed E-state index contributed by atoms with van der Waals surface area (Å²) in [6.07, 6.45) is 0. The number of carboxylic acid groups (broad SMARTS) is 1. The van der Waals surface area contributed by atoms with Gasteiger partial charge in [0.25, 0.3) is 0 Å². The summed E-state index contributed by atoms with van der Waals surface area (Å²) >= 11 is 0. The Labute approximate surface area is 108 Å². The van der Waals surface area contributed by atoms with Crippen LogP contribution in [0.3, 0.4) is 0 Å². The highest BCUT2D eigenvalue weighted by atomic mass is 16.5. The van der Waals surface area contributed by atoms with Gasteiger partial charge in [-0.2, -0.15) is 0 Å². The van der Waals surface area contributed by atoms with Crippen molar-refractivity contribution in [3.05, 3.63) is 0 Å². The van der Waals surface area contributed by atoms with Crippen LogP contribution in [0.2, 0.25) is 0 Å². The number of carbonyl (C=O) groups is 2. The largest absolute Gasteiger partial charge is 0.480 e. The molecule has 0 aliphatic rings. The van der Waals surface area contributed by atoms with E-state index in [1.165, 1.54) is 14.0 Å². The van der Waals surface area contributed by atoms with Crippen molar-refractivity contribution in [1.82, 2.24) is 15.1 Å². The number of rotatable bonds is 8. The molecule has 0 radical (unpaired) electrons. The second-order valence-electron chi connectivity index (χ2n) is 4.15. The van der Waals surface area contributed by atoms with Crippen LogP contribution in [0.4, 0.5) is 4.79 Å². The standard InChI is InChI=1S/C11H23N3O4/c1-9(10(15)16)14(3)11(17)12-5-6-13(2)7-8-18-4/h9H,5-8H2,1-4H3,(H,12,17)(H,15,16). The minimum Gasteiger partial charge on any atom is -0.480 e. The molecule has 106 valence electrons. The molecule has 0 fully saturated rings. The van der Waals surface area contributed by atoms with Crippen LogP contribution < -0.4 is 5.32 Å². The molecule has 0 spiro atoms. The lowest BCUT2D eigenvalue weighted by Gasteiger charge is -2.23. The van der Waals surface area contributed by atoms with Gasteiger partial charge < -0.3 is 25.0 Å². The summed E-state index contributed by atoms with van der Waals surface area (Å²) in [5, 5.41) is 11.4. The van der Waals surface area contributed by atoms with Crippen LogP contribution in [0.15, 0.2) is 0 Å². The molecule has 0 aromatic heterocycles. The second kappa shape index (κ2) is 8.71. The number of aliphatic carboxylic acids is 1. The topological polar surface area (TPSA) is 82.1 Å². The van der Waals surface area contributed by atoms with Gasteiger partial charge >= 0.3 is 12.0 Å². The summed E-state index contributed by atoms with van der Waals surface area (Å²) in [6, 6.07) is -1.22. The second-order valence-corrected chi connectivity index (χ2v) is 4.15. The van der Waals surface area contributed by atoms with E-state index < -0.39 is 12.0 Å². The number of urea groups is 1. The van der Waals surface area contributed by atoms with E-state index in [-0.39, 0.29) is 6.03 Å². The molecule has 1 unspecified atom stereocenters. The minimum absolute atomic E-state index is 0.384. The van der Waals surface area contributed by atoms with Gasteiger partial charge in [0.15, 0.2) is 0 Å². The number of amides is 2. The van der Waals surface area contributed by atoms with Gasteiger partial charge in [0, 0.05) is 33.8 Å². The predicted octanol–water partition coefficient (Wildman–Crippen LogP) is -0.321. The summed E-state index contributed by atoms with van der Waals surface area (Å²) in [6.45, 7) is 4.04. The lowest BCUT2D eigenvalue weighted by molar-refractivity contribution is -0.141. The molecule has 2 amide bonds. The number of methoxy groups -OCH3 is 1. The van der Waals surface area contributed by atoms with Crippen LogP contribution >= 0.6 is 0 Å². The number of ether oxygens (including phenoxy) is 1. The average Bonchev–Trinajstić information content (AvgIpc) is 2.34. The van der Waals surface area contributed by atoms with E-state index in [4.69, 9.17) is 9.84 Å². The zero-order valence-electron chi connectivity index (χ0n) is 11.5. The van der Waals surface area contributed by atoms with Crippen molar-refractivity contribution < 1.29 is 19.4 Å². The third kappa shape index (κ3) is 6.41. The molecule has 0 bridgehead atoms. The number of hydrogen-bond acceptors (Lipinski definition) is 4. The number of nitrogens with zero attached hydrogens (tertiary/aromatic N) is 2. The van der Waals surface area contributed by atoms with E-state index in [0.717, 1.165) is 11.4 Å². The maximum atomic E-state index is 11.6. The fourth-order valence-corrected chi connectivity index (χ4v) is 1.18. The Bertz CT molecular complexity index is 273. The Morgan fingerprint density at radius 3 is 2.44 bits per heavy atom. The zero-order chi connectivity index (χ0) is 14.1. The zero-order valence-corrected chi connectivity index (χ0v) is 11.5. The van der Waals surface area contributed by atoms with E-state index in [9.17, 15) is 9.59 Å². The molecule has 7 heteroatoms. The van der Waals surface area contributed by atoms with Crippen LogP contribution in [0, 0.1) is 0 Å². The van der Waals surface area contributed by atoms with Crippen LogP contribution in [0.5, 0.6) is 0 Å². The number of carboxylic acids is 1. The molecule has 18 heavy (non-hydrogen) atoms. The number of nitrogens with one attached hydrogen (secondary N) is 1. The molecule has 0 aliphatic carbocycles. The molecule has 7 nitrogen and oxygen atoms in total. The Morgan fingerprint density at radius 1 is 1.33 bits per heavy atom.